The first-order chi connectivity index (χ1) is 6.40. The van der Waals surface area contributed by atoms with E-state index < -0.39 is 0 Å². The molecule has 2 rings (SSSR count). The van der Waals surface area contributed by atoms with Crippen molar-refractivity contribution in [2.75, 3.05) is 0 Å². The average Bonchev–Trinajstić information content (AvgIpc) is 2.71. The monoisotopic (exact) mass is 235 g/mol. The van der Waals surface area contributed by atoms with Crippen LogP contribution >= 0.6 is 0 Å². The first-order valence-electron chi connectivity index (χ1n) is 4.04. The van der Waals surface area contributed by atoms with Gasteiger partial charge in [-0.2, -0.15) is 0 Å². The van der Waals surface area contributed by atoms with Crippen LogP contribution in [0.1, 0.15) is 11.1 Å². The molecule has 0 spiro atoms. The molecule has 1 aromatic carbocycles. The molecule has 1 aliphatic heterocycles. The average molecular weight is 234 g/mol. The Morgan fingerprint density at radius 1 is 1.15 bits per heavy atom. The molecule has 0 aromatic heterocycles. The maximum absolute atomic E-state index is 8.62. The van der Waals surface area contributed by atoms with Crippen LogP contribution in [-0.4, -0.2) is 15.0 Å². The number of nitrogens with zero attached hydrogens (tertiary/aromatic N) is 1. The van der Waals surface area contributed by atoms with Crippen molar-refractivity contribution in [3.8, 4) is 6.07 Å². The van der Waals surface area contributed by atoms with Gasteiger partial charge >= 0.3 is 83.3 Å². The molecule has 0 bridgehead atoms. The summed E-state index contributed by atoms with van der Waals surface area (Å²) in [4.78, 5) is 2.26. The summed E-state index contributed by atoms with van der Waals surface area (Å²) in [6, 6.07) is 9.93. The van der Waals surface area contributed by atoms with E-state index in [1.807, 2.05) is 24.3 Å². The van der Waals surface area contributed by atoms with Gasteiger partial charge in [0.15, 0.2) is 0 Å². The third kappa shape index (κ3) is 1.72. The number of allylic oxidation sites excluding steroid dienone is 2. The van der Waals surface area contributed by atoms with E-state index >= 15 is 0 Å². The molecule has 1 aliphatic rings. The fourth-order valence-corrected chi connectivity index (χ4v) is 3.12. The van der Waals surface area contributed by atoms with Crippen molar-refractivity contribution < 1.29 is 0 Å². The van der Waals surface area contributed by atoms with Crippen molar-refractivity contribution in [2.45, 2.75) is 0 Å². The van der Waals surface area contributed by atoms with E-state index in [9.17, 15) is 0 Å². The van der Waals surface area contributed by atoms with Gasteiger partial charge in [0.2, 0.25) is 0 Å². The van der Waals surface area contributed by atoms with Gasteiger partial charge in [-0.1, -0.05) is 0 Å². The number of rotatable bonds is 1. The Morgan fingerprint density at radius 2 is 1.92 bits per heavy atom. The maximum atomic E-state index is 8.62. The van der Waals surface area contributed by atoms with Gasteiger partial charge in [0, 0.05) is 0 Å². The minimum absolute atomic E-state index is 0.0452. The van der Waals surface area contributed by atoms with Crippen molar-refractivity contribution in [1.29, 1.82) is 5.26 Å². The van der Waals surface area contributed by atoms with Crippen LogP contribution in [0.2, 0.25) is 0 Å². The summed E-state index contributed by atoms with van der Waals surface area (Å²) in [5.41, 5.74) is 2.00. The molecule has 13 heavy (non-hydrogen) atoms. The van der Waals surface area contributed by atoms with E-state index in [0.29, 0.717) is 0 Å². The fourth-order valence-electron chi connectivity index (χ4n) is 1.23. The van der Waals surface area contributed by atoms with E-state index in [2.05, 4.69) is 23.2 Å². The fraction of sp³-hybridized carbons (Fsp3) is 0. The van der Waals surface area contributed by atoms with Gasteiger partial charge < -0.3 is 0 Å². The van der Waals surface area contributed by atoms with Crippen molar-refractivity contribution in [3.63, 3.8) is 0 Å². The van der Waals surface area contributed by atoms with Crippen LogP contribution in [0.4, 0.5) is 0 Å². The van der Waals surface area contributed by atoms with E-state index in [4.69, 9.17) is 5.26 Å². The molecule has 1 aromatic rings. The van der Waals surface area contributed by atoms with Crippen LogP contribution in [0.25, 0.3) is 4.47 Å². The molecule has 0 saturated carbocycles. The Bertz CT molecular complexity index is 407. The van der Waals surface area contributed by atoms with Gasteiger partial charge in [-0.15, -0.1) is 0 Å². The summed E-state index contributed by atoms with van der Waals surface area (Å²) in [7, 11) is 0. The number of hydrogen-bond acceptors (Lipinski definition) is 1. The van der Waals surface area contributed by atoms with Crippen LogP contribution in [0.3, 0.4) is 0 Å². The summed E-state index contributed by atoms with van der Waals surface area (Å²) in [6.07, 6.45) is 4.29. The summed E-state index contributed by atoms with van der Waals surface area (Å²) in [6.45, 7) is 0. The number of nitriles is 1. The molecule has 1 nitrogen and oxygen atoms in total. The number of benzene rings is 1. The van der Waals surface area contributed by atoms with Gasteiger partial charge in [-0.05, 0) is 0 Å². The van der Waals surface area contributed by atoms with Crippen LogP contribution in [0, 0.1) is 11.3 Å². The predicted octanol–water partition coefficient (Wildman–Crippen LogP) is 1.60. The Morgan fingerprint density at radius 3 is 2.46 bits per heavy atom. The van der Waals surface area contributed by atoms with Crippen molar-refractivity contribution in [2.24, 2.45) is 0 Å². The second-order valence-corrected chi connectivity index (χ2v) is 5.21. The Balaban J connectivity index is 2.29. The first-order valence-corrected chi connectivity index (χ1v) is 6.30. The van der Waals surface area contributed by atoms with Crippen LogP contribution in [0.15, 0.2) is 41.4 Å². The Labute approximate surface area is 83.5 Å². The first kappa shape index (κ1) is 8.31. The standard InChI is InChI=1S/C11H9NSe/c12-8-9-3-5-10(6-4-9)11-2-1-7-13-11/h1-7H,13H2. The second-order valence-electron chi connectivity index (χ2n) is 2.77. The normalized spacial score (nSPS) is 17.0. The van der Waals surface area contributed by atoms with E-state index in [1.165, 1.54) is 10.0 Å². The quantitative estimate of drug-likeness (QED) is 0.677. The van der Waals surface area contributed by atoms with Crippen molar-refractivity contribution in [1.82, 2.24) is 0 Å². The van der Waals surface area contributed by atoms with Gasteiger partial charge in [-0.25, -0.2) is 0 Å². The van der Waals surface area contributed by atoms with E-state index in [1.54, 1.807) is 0 Å². The zero-order valence-electron chi connectivity index (χ0n) is 6.99. The van der Waals surface area contributed by atoms with Crippen LogP contribution in [-0.2, 0) is 0 Å². The molecular formula is C11H9NSe. The predicted molar refractivity (Wildman–Crippen MR) is 56.8 cm³/mol. The summed E-state index contributed by atoms with van der Waals surface area (Å²) in [5, 5.41) is 8.62. The van der Waals surface area contributed by atoms with Gasteiger partial charge in [0.25, 0.3) is 0 Å². The minimum atomic E-state index is -0.0452. The molecule has 0 N–H and O–H groups in total. The molecule has 0 saturated heterocycles. The topological polar surface area (TPSA) is 23.8 Å². The van der Waals surface area contributed by atoms with Crippen molar-refractivity contribution >= 4 is 19.4 Å². The Hall–Kier alpha value is -1.29. The molecule has 0 atom stereocenters. The van der Waals surface area contributed by atoms with Crippen LogP contribution < -0.4 is 0 Å². The Kier molecular flexibility index (Phi) is 2.31. The van der Waals surface area contributed by atoms with Gasteiger partial charge in [-0.3, -0.25) is 0 Å². The van der Waals surface area contributed by atoms with Crippen molar-refractivity contribution in [3.05, 3.63) is 52.5 Å². The third-order valence-corrected chi connectivity index (χ3v) is 4.28. The molecule has 0 radical (unpaired) electrons. The molecule has 0 amide bonds. The summed E-state index contributed by atoms with van der Waals surface area (Å²) >= 11 is -0.0452. The summed E-state index contributed by atoms with van der Waals surface area (Å²) < 4.78 is 1.45. The zero-order chi connectivity index (χ0) is 9.10. The third-order valence-electron chi connectivity index (χ3n) is 1.92. The molecule has 1 heterocycles. The SMILES string of the molecule is N#Cc1ccc(C2=CC=C[SeH2]2)cc1. The van der Waals surface area contributed by atoms with Crippen LogP contribution in [0.5, 0.6) is 0 Å². The molecule has 0 fully saturated rings. The second kappa shape index (κ2) is 3.62. The molecular weight excluding hydrogens is 225 g/mol. The molecule has 64 valence electrons. The molecule has 0 aliphatic carbocycles. The van der Waals surface area contributed by atoms with E-state index in [-0.39, 0.29) is 15.0 Å². The number of hydrogen-bond donors (Lipinski definition) is 0. The molecule has 2 heteroatoms. The molecule has 0 unspecified atom stereocenters. The summed E-state index contributed by atoms with van der Waals surface area (Å²) in [5.74, 6) is 0. The van der Waals surface area contributed by atoms with E-state index in [0.717, 1.165) is 5.56 Å². The zero-order valence-corrected chi connectivity index (χ0v) is 9.09. The van der Waals surface area contributed by atoms with Gasteiger partial charge in [0.1, 0.15) is 0 Å². The van der Waals surface area contributed by atoms with Gasteiger partial charge in [0.05, 0.1) is 0 Å².